The number of carbonyl (C=O) groups is 2. The van der Waals surface area contributed by atoms with Gasteiger partial charge in [0.2, 0.25) is 0 Å². The Labute approximate surface area is 187 Å². The van der Waals surface area contributed by atoms with Crippen LogP contribution in [0.15, 0.2) is 60.7 Å². The number of aryl methyl sites for hydroxylation is 2. The number of para-hydroxylation sites is 1. The van der Waals surface area contributed by atoms with Gasteiger partial charge in [-0.25, -0.2) is 4.79 Å². The van der Waals surface area contributed by atoms with Crippen molar-refractivity contribution in [1.82, 2.24) is 5.32 Å². The molecule has 1 aliphatic heterocycles. The van der Waals surface area contributed by atoms with Crippen LogP contribution in [0.3, 0.4) is 0 Å². The van der Waals surface area contributed by atoms with E-state index in [-0.39, 0.29) is 11.1 Å². The average molecular weight is 455 g/mol. The van der Waals surface area contributed by atoms with Crippen molar-refractivity contribution in [2.75, 3.05) is 0 Å². The van der Waals surface area contributed by atoms with Crippen LogP contribution in [0.5, 0.6) is 11.5 Å². The minimum absolute atomic E-state index is 0.145. The number of hydrogen-bond acceptors (Lipinski definition) is 3. The molecule has 4 rings (SSSR count). The second-order valence-electron chi connectivity index (χ2n) is 7.84. The van der Waals surface area contributed by atoms with Crippen molar-refractivity contribution in [1.29, 1.82) is 0 Å². The van der Waals surface area contributed by atoms with Crippen molar-refractivity contribution >= 4 is 11.9 Å². The molecule has 3 aromatic carbocycles. The Balaban J connectivity index is 1.59. The molecule has 33 heavy (non-hydrogen) atoms. The lowest BCUT2D eigenvalue weighted by Crippen LogP contribution is -2.27. The molecule has 0 saturated heterocycles. The zero-order valence-corrected chi connectivity index (χ0v) is 17.6. The number of carboxylic acid groups (broad SMARTS) is 1. The smallest absolute Gasteiger partial charge is 0.416 e. The highest BCUT2D eigenvalue weighted by atomic mass is 19.4. The number of hydrogen-bond donors (Lipinski definition) is 2. The van der Waals surface area contributed by atoms with E-state index in [0.717, 1.165) is 23.3 Å². The standard InChI is InChI=1S/C25H20F3NO4/c1-14(15-5-8-17(9-6-15)24(31)32)29-23(30)20-4-2-3-16-7-10-18-13-19(25(26,27)28)11-12-21(18)33-22(16)20/h2-6,8-9,11-14H,7,10H2,1H3,(H,29,30)(H,31,32)/t14-/m0/s1. The highest BCUT2D eigenvalue weighted by molar-refractivity contribution is 5.97. The number of alkyl halides is 3. The van der Waals surface area contributed by atoms with Crippen LogP contribution in [0.2, 0.25) is 0 Å². The van der Waals surface area contributed by atoms with Crippen LogP contribution in [-0.2, 0) is 19.0 Å². The van der Waals surface area contributed by atoms with Crippen LogP contribution in [0.25, 0.3) is 0 Å². The van der Waals surface area contributed by atoms with E-state index in [9.17, 15) is 22.8 Å². The maximum absolute atomic E-state index is 13.1. The summed E-state index contributed by atoms with van der Waals surface area (Å²) < 4.78 is 45.2. The number of benzene rings is 3. The van der Waals surface area contributed by atoms with Gasteiger partial charge in [0.05, 0.1) is 22.7 Å². The number of halogens is 3. The minimum Gasteiger partial charge on any atom is -0.478 e. The van der Waals surface area contributed by atoms with E-state index in [1.54, 1.807) is 37.3 Å². The Bertz CT molecular complexity index is 1220. The molecule has 0 unspecified atom stereocenters. The van der Waals surface area contributed by atoms with E-state index in [0.29, 0.717) is 29.9 Å². The molecular weight excluding hydrogens is 435 g/mol. The highest BCUT2D eigenvalue weighted by Gasteiger charge is 2.32. The van der Waals surface area contributed by atoms with E-state index >= 15 is 0 Å². The fourth-order valence-electron chi connectivity index (χ4n) is 3.78. The van der Waals surface area contributed by atoms with Crippen LogP contribution in [0, 0.1) is 0 Å². The second kappa shape index (κ2) is 8.61. The molecule has 0 fully saturated rings. The Morgan fingerprint density at radius 3 is 2.36 bits per heavy atom. The molecule has 5 nitrogen and oxygen atoms in total. The molecule has 1 heterocycles. The van der Waals surface area contributed by atoms with Crippen molar-refractivity contribution in [2.24, 2.45) is 0 Å². The van der Waals surface area contributed by atoms with Crippen molar-refractivity contribution in [3.63, 3.8) is 0 Å². The average Bonchev–Trinajstić information content (AvgIpc) is 2.97. The number of ether oxygens (including phenoxy) is 1. The van der Waals surface area contributed by atoms with Crippen molar-refractivity contribution in [2.45, 2.75) is 32.0 Å². The number of rotatable bonds is 4. The molecule has 1 atom stereocenters. The van der Waals surface area contributed by atoms with Gasteiger partial charge in [-0.05, 0) is 72.9 Å². The largest absolute Gasteiger partial charge is 0.478 e. The third-order valence-electron chi connectivity index (χ3n) is 5.61. The van der Waals surface area contributed by atoms with Crippen LogP contribution in [-0.4, -0.2) is 17.0 Å². The fraction of sp³-hybridized carbons (Fsp3) is 0.200. The zero-order valence-electron chi connectivity index (χ0n) is 17.6. The number of aromatic carboxylic acids is 1. The number of carbonyl (C=O) groups excluding carboxylic acids is 1. The monoisotopic (exact) mass is 455 g/mol. The lowest BCUT2D eigenvalue weighted by Gasteiger charge is -2.18. The molecule has 2 N–H and O–H groups in total. The summed E-state index contributed by atoms with van der Waals surface area (Å²) in [6.45, 7) is 1.77. The van der Waals surface area contributed by atoms with E-state index in [2.05, 4.69) is 5.32 Å². The molecule has 0 aromatic heterocycles. The van der Waals surface area contributed by atoms with E-state index in [4.69, 9.17) is 9.84 Å². The van der Waals surface area contributed by atoms with Crippen LogP contribution in [0.1, 0.15) is 55.9 Å². The topological polar surface area (TPSA) is 75.6 Å². The number of nitrogens with one attached hydrogen (secondary N) is 1. The first-order valence-electron chi connectivity index (χ1n) is 10.3. The molecule has 3 aromatic rings. The van der Waals surface area contributed by atoms with E-state index in [1.807, 2.05) is 0 Å². The maximum Gasteiger partial charge on any atom is 0.416 e. The first-order valence-corrected chi connectivity index (χ1v) is 10.3. The van der Waals surface area contributed by atoms with Gasteiger partial charge in [-0.15, -0.1) is 0 Å². The molecule has 1 amide bonds. The van der Waals surface area contributed by atoms with Crippen molar-refractivity contribution in [3.05, 3.63) is 94.0 Å². The SMILES string of the molecule is C[C@H](NC(=O)c1cccc2c1Oc1ccc(C(F)(F)F)cc1CC2)c1ccc(C(=O)O)cc1. The van der Waals surface area contributed by atoms with Gasteiger partial charge >= 0.3 is 12.1 Å². The van der Waals surface area contributed by atoms with Gasteiger partial charge in [0, 0.05) is 0 Å². The predicted molar refractivity (Wildman–Crippen MR) is 115 cm³/mol. The van der Waals surface area contributed by atoms with E-state index < -0.39 is 29.7 Å². The van der Waals surface area contributed by atoms with Crippen molar-refractivity contribution < 1.29 is 32.6 Å². The fourth-order valence-corrected chi connectivity index (χ4v) is 3.78. The Morgan fingerprint density at radius 2 is 1.70 bits per heavy atom. The van der Waals surface area contributed by atoms with Crippen LogP contribution < -0.4 is 10.1 Å². The normalized spacial score (nSPS) is 13.7. The Kier molecular flexibility index (Phi) is 5.84. The van der Waals surface area contributed by atoms with Gasteiger partial charge in [-0.3, -0.25) is 4.79 Å². The molecule has 8 heteroatoms. The minimum atomic E-state index is -4.45. The van der Waals surface area contributed by atoms with Gasteiger partial charge in [0.25, 0.3) is 5.91 Å². The summed E-state index contributed by atoms with van der Waals surface area (Å²) >= 11 is 0. The first kappa shape index (κ1) is 22.4. The molecular formula is C25H20F3NO4. The molecule has 170 valence electrons. The van der Waals surface area contributed by atoms with Gasteiger partial charge in [0.1, 0.15) is 11.5 Å². The summed E-state index contributed by atoms with van der Waals surface area (Å²) in [6, 6.07) is 14.2. The lowest BCUT2D eigenvalue weighted by molar-refractivity contribution is -0.137. The van der Waals surface area contributed by atoms with Crippen LogP contribution >= 0.6 is 0 Å². The third kappa shape index (κ3) is 4.69. The predicted octanol–water partition coefficient (Wildman–Crippen LogP) is 5.79. The summed E-state index contributed by atoms with van der Waals surface area (Å²) in [5.41, 5.74) is 1.56. The number of amides is 1. The van der Waals surface area contributed by atoms with Crippen LogP contribution in [0.4, 0.5) is 13.2 Å². The Hall–Kier alpha value is -3.81. The molecule has 0 bridgehead atoms. The molecule has 1 aliphatic rings. The van der Waals surface area contributed by atoms with Gasteiger partial charge in [-0.1, -0.05) is 24.3 Å². The lowest BCUT2D eigenvalue weighted by atomic mass is 10.0. The van der Waals surface area contributed by atoms with Gasteiger partial charge in [0.15, 0.2) is 0 Å². The zero-order chi connectivity index (χ0) is 23.8. The van der Waals surface area contributed by atoms with E-state index in [1.165, 1.54) is 18.2 Å². The third-order valence-corrected chi connectivity index (χ3v) is 5.61. The number of fused-ring (bicyclic) bond motifs is 2. The second-order valence-corrected chi connectivity index (χ2v) is 7.84. The summed E-state index contributed by atoms with van der Waals surface area (Å²) in [7, 11) is 0. The van der Waals surface area contributed by atoms with Crippen molar-refractivity contribution in [3.8, 4) is 11.5 Å². The molecule has 0 radical (unpaired) electrons. The quantitative estimate of drug-likeness (QED) is 0.523. The molecule has 0 spiro atoms. The maximum atomic E-state index is 13.1. The van der Waals surface area contributed by atoms with Gasteiger partial charge < -0.3 is 15.2 Å². The molecule has 0 saturated carbocycles. The number of carboxylic acids is 1. The first-order chi connectivity index (χ1) is 15.6. The Morgan fingerprint density at radius 1 is 1.00 bits per heavy atom. The summed E-state index contributed by atoms with van der Waals surface area (Å²) in [6.07, 6.45) is -3.67. The highest BCUT2D eigenvalue weighted by Crippen LogP contribution is 2.39. The summed E-state index contributed by atoms with van der Waals surface area (Å²) in [5, 5.41) is 11.9. The summed E-state index contributed by atoms with van der Waals surface area (Å²) in [4.78, 5) is 24.1. The molecule has 0 aliphatic carbocycles. The van der Waals surface area contributed by atoms with Gasteiger partial charge in [-0.2, -0.15) is 13.2 Å². The summed E-state index contributed by atoms with van der Waals surface area (Å²) in [5.74, 6) is -0.830.